The molecule has 0 radical (unpaired) electrons. The highest BCUT2D eigenvalue weighted by atomic mass is 16.6. The van der Waals surface area contributed by atoms with Gasteiger partial charge in [0.1, 0.15) is 13.2 Å². The van der Waals surface area contributed by atoms with Gasteiger partial charge >= 0.3 is 17.9 Å². The van der Waals surface area contributed by atoms with Crippen LogP contribution in [0.25, 0.3) is 0 Å². The fraction of sp³-hybridized carbons (Fsp3) is 0.758. The van der Waals surface area contributed by atoms with E-state index in [1.54, 1.807) is 0 Å². The lowest BCUT2D eigenvalue weighted by molar-refractivity contribution is -0.167. The zero-order chi connectivity index (χ0) is 49.3. The largest absolute Gasteiger partial charge is 0.462 e. The Labute approximate surface area is 421 Å². The van der Waals surface area contributed by atoms with E-state index < -0.39 is 6.10 Å². The van der Waals surface area contributed by atoms with Crippen LogP contribution in [0.15, 0.2) is 72.9 Å². The second kappa shape index (κ2) is 56.4. The molecule has 0 saturated heterocycles. The zero-order valence-corrected chi connectivity index (χ0v) is 44.9. The van der Waals surface area contributed by atoms with E-state index in [0.29, 0.717) is 19.3 Å². The summed E-state index contributed by atoms with van der Waals surface area (Å²) < 4.78 is 16.8. The van der Waals surface area contributed by atoms with Crippen molar-refractivity contribution < 1.29 is 28.6 Å². The topological polar surface area (TPSA) is 78.9 Å². The maximum Gasteiger partial charge on any atom is 0.306 e. The third kappa shape index (κ3) is 53.8. The highest BCUT2D eigenvalue weighted by molar-refractivity contribution is 5.71. The van der Waals surface area contributed by atoms with Crippen LogP contribution in [0.5, 0.6) is 0 Å². The number of hydrogen-bond donors (Lipinski definition) is 0. The average molecular weight is 950 g/mol. The molecule has 0 fully saturated rings. The SMILES string of the molecule is CC/C=C\C/C=C\C/C=C\C/C=C\C/C=C\CCCCCCCCCCCCCC(=O)OCC(COC(=O)CCCCCCCCCCC)OC(=O)CCCCCCC/C=C\CCCCCCC. The van der Waals surface area contributed by atoms with Crippen LogP contribution in [-0.4, -0.2) is 37.2 Å². The van der Waals surface area contributed by atoms with Gasteiger partial charge in [0, 0.05) is 19.3 Å². The van der Waals surface area contributed by atoms with Gasteiger partial charge in [-0.15, -0.1) is 0 Å². The standard InChI is InChI=1S/C62H108O6/c1-4-7-10-13-16-19-21-23-25-26-27-28-29-30-31-32-33-34-35-36-37-39-40-43-46-49-52-55-61(64)67-58-59(57-66-60(63)54-51-48-45-42-18-15-12-9-6-3)68-62(65)56-53-50-47-44-41-38-24-22-20-17-14-11-8-5-2/h7,10,16,19,22-25,27-28,30-31,59H,4-6,8-9,11-15,17-18,20-21,26,29,32-58H2,1-3H3/b10-7-,19-16-,24-22-,25-23-,28-27-,31-30-. The van der Waals surface area contributed by atoms with E-state index in [1.165, 1.54) is 141 Å². The number of carbonyl (C=O) groups is 3. The minimum Gasteiger partial charge on any atom is -0.462 e. The van der Waals surface area contributed by atoms with Gasteiger partial charge in [0.15, 0.2) is 6.10 Å². The first-order valence-corrected chi connectivity index (χ1v) is 28.9. The molecule has 0 aromatic rings. The Morgan fingerprint density at radius 3 is 0.912 bits per heavy atom. The van der Waals surface area contributed by atoms with Crippen molar-refractivity contribution in [3.05, 3.63) is 72.9 Å². The highest BCUT2D eigenvalue weighted by Crippen LogP contribution is 2.15. The lowest BCUT2D eigenvalue weighted by Crippen LogP contribution is -2.30. The fourth-order valence-corrected chi connectivity index (χ4v) is 8.11. The summed E-state index contributed by atoms with van der Waals surface area (Å²) in [6.45, 7) is 6.50. The molecule has 0 aliphatic rings. The van der Waals surface area contributed by atoms with Crippen molar-refractivity contribution in [3.8, 4) is 0 Å². The minimum atomic E-state index is -0.777. The maximum absolute atomic E-state index is 12.8. The van der Waals surface area contributed by atoms with Gasteiger partial charge in [-0.1, -0.05) is 248 Å². The van der Waals surface area contributed by atoms with E-state index in [0.717, 1.165) is 103 Å². The molecule has 0 rings (SSSR count). The van der Waals surface area contributed by atoms with Crippen molar-refractivity contribution in [2.75, 3.05) is 13.2 Å². The lowest BCUT2D eigenvalue weighted by Gasteiger charge is -2.18. The van der Waals surface area contributed by atoms with Gasteiger partial charge < -0.3 is 14.2 Å². The first-order chi connectivity index (χ1) is 33.5. The zero-order valence-electron chi connectivity index (χ0n) is 44.9. The molecular formula is C62H108O6. The molecule has 0 aliphatic carbocycles. The van der Waals surface area contributed by atoms with Crippen LogP contribution in [0.1, 0.15) is 284 Å². The predicted octanol–water partition coefficient (Wildman–Crippen LogP) is 19.4. The van der Waals surface area contributed by atoms with E-state index in [4.69, 9.17) is 14.2 Å². The molecular weight excluding hydrogens is 841 g/mol. The number of esters is 3. The summed E-state index contributed by atoms with van der Waals surface area (Å²) in [5.74, 6) is -0.884. The van der Waals surface area contributed by atoms with Gasteiger partial charge in [0.25, 0.3) is 0 Å². The molecule has 0 aromatic heterocycles. The summed E-state index contributed by atoms with van der Waals surface area (Å²) in [5.41, 5.74) is 0. The number of allylic oxidation sites excluding steroid dienone is 12. The summed E-state index contributed by atoms with van der Waals surface area (Å²) in [6, 6.07) is 0. The first kappa shape index (κ1) is 64.8. The van der Waals surface area contributed by atoms with Crippen LogP contribution in [0.2, 0.25) is 0 Å². The van der Waals surface area contributed by atoms with Crippen molar-refractivity contribution in [2.45, 2.75) is 290 Å². The number of rotatable bonds is 52. The van der Waals surface area contributed by atoms with Crippen LogP contribution in [0.3, 0.4) is 0 Å². The lowest BCUT2D eigenvalue weighted by atomic mass is 10.0. The summed E-state index contributed by atoms with van der Waals surface area (Å²) in [6.07, 6.45) is 71.9. The molecule has 392 valence electrons. The number of ether oxygens (including phenoxy) is 3. The Hall–Kier alpha value is -3.15. The van der Waals surface area contributed by atoms with E-state index in [9.17, 15) is 14.4 Å². The van der Waals surface area contributed by atoms with Gasteiger partial charge in [-0.05, 0) is 89.9 Å². The number of hydrogen-bond acceptors (Lipinski definition) is 6. The second-order valence-corrected chi connectivity index (χ2v) is 19.2. The average Bonchev–Trinajstić information content (AvgIpc) is 3.34. The van der Waals surface area contributed by atoms with Crippen LogP contribution < -0.4 is 0 Å². The monoisotopic (exact) mass is 949 g/mol. The molecule has 6 heteroatoms. The van der Waals surface area contributed by atoms with Gasteiger partial charge in [-0.25, -0.2) is 0 Å². The third-order valence-electron chi connectivity index (χ3n) is 12.4. The summed E-state index contributed by atoms with van der Waals surface area (Å²) in [5, 5.41) is 0. The molecule has 1 atom stereocenters. The van der Waals surface area contributed by atoms with Crippen LogP contribution in [0.4, 0.5) is 0 Å². The van der Waals surface area contributed by atoms with Gasteiger partial charge in [-0.2, -0.15) is 0 Å². The third-order valence-corrected chi connectivity index (χ3v) is 12.4. The van der Waals surface area contributed by atoms with Crippen molar-refractivity contribution in [1.82, 2.24) is 0 Å². The molecule has 0 bridgehead atoms. The maximum atomic E-state index is 12.8. The Bertz CT molecular complexity index is 1270. The molecule has 0 aliphatic heterocycles. The molecule has 0 N–H and O–H groups in total. The molecule has 0 saturated carbocycles. The van der Waals surface area contributed by atoms with E-state index in [2.05, 4.69) is 93.7 Å². The normalized spacial score (nSPS) is 12.6. The van der Waals surface area contributed by atoms with Gasteiger partial charge in [0.2, 0.25) is 0 Å². The van der Waals surface area contributed by atoms with Crippen LogP contribution in [0, 0.1) is 0 Å². The minimum absolute atomic E-state index is 0.0767. The van der Waals surface area contributed by atoms with E-state index in [1.807, 2.05) is 0 Å². The molecule has 0 spiro atoms. The number of unbranched alkanes of at least 4 members (excludes halogenated alkanes) is 29. The van der Waals surface area contributed by atoms with E-state index in [-0.39, 0.29) is 31.1 Å². The molecule has 0 amide bonds. The Kier molecular flexibility index (Phi) is 53.8. The van der Waals surface area contributed by atoms with Crippen molar-refractivity contribution in [1.29, 1.82) is 0 Å². The Morgan fingerprint density at radius 1 is 0.309 bits per heavy atom. The van der Waals surface area contributed by atoms with Crippen molar-refractivity contribution in [3.63, 3.8) is 0 Å². The highest BCUT2D eigenvalue weighted by Gasteiger charge is 2.19. The molecule has 68 heavy (non-hydrogen) atoms. The van der Waals surface area contributed by atoms with E-state index >= 15 is 0 Å². The van der Waals surface area contributed by atoms with Gasteiger partial charge in [-0.3, -0.25) is 14.4 Å². The predicted molar refractivity (Wildman–Crippen MR) is 293 cm³/mol. The Balaban J connectivity index is 4.19. The number of carbonyl (C=O) groups excluding carboxylic acids is 3. The van der Waals surface area contributed by atoms with Crippen LogP contribution in [-0.2, 0) is 28.6 Å². The molecule has 0 aromatic carbocycles. The van der Waals surface area contributed by atoms with Crippen LogP contribution >= 0.6 is 0 Å². The molecule has 6 nitrogen and oxygen atoms in total. The summed E-state index contributed by atoms with van der Waals surface area (Å²) >= 11 is 0. The Morgan fingerprint density at radius 2 is 0.574 bits per heavy atom. The van der Waals surface area contributed by atoms with Crippen molar-refractivity contribution >= 4 is 17.9 Å². The first-order valence-electron chi connectivity index (χ1n) is 28.9. The van der Waals surface area contributed by atoms with Crippen molar-refractivity contribution in [2.24, 2.45) is 0 Å². The molecule has 0 heterocycles. The smallest absolute Gasteiger partial charge is 0.306 e. The van der Waals surface area contributed by atoms with Gasteiger partial charge in [0.05, 0.1) is 0 Å². The fourth-order valence-electron chi connectivity index (χ4n) is 8.11. The second-order valence-electron chi connectivity index (χ2n) is 19.2. The summed E-state index contributed by atoms with van der Waals surface area (Å²) in [7, 11) is 0. The molecule has 1 unspecified atom stereocenters. The summed E-state index contributed by atoms with van der Waals surface area (Å²) in [4.78, 5) is 38.0. The quantitative estimate of drug-likeness (QED) is 0.0262.